The molecule has 0 fully saturated rings. The molecule has 0 radical (unpaired) electrons. The molecule has 100 valence electrons. The van der Waals surface area contributed by atoms with Crippen LogP contribution >= 0.6 is 0 Å². The maximum absolute atomic E-state index is 11.3. The number of hydrogen-bond acceptors (Lipinski definition) is 4. The van der Waals surface area contributed by atoms with Crippen LogP contribution in [-0.4, -0.2) is 24.0 Å². The molecular formula is C12H11NO5S. The van der Waals surface area contributed by atoms with E-state index in [0.717, 1.165) is 0 Å². The monoisotopic (exact) mass is 281 g/mol. The first-order valence-corrected chi connectivity index (χ1v) is 6.74. The molecule has 0 heterocycles. The number of amides is 1. The lowest BCUT2D eigenvalue weighted by Crippen LogP contribution is -2.11. The third-order valence-corrected chi connectivity index (χ3v) is 3.47. The summed E-state index contributed by atoms with van der Waals surface area (Å²) in [5.41, 5.74) is -0.161. The van der Waals surface area contributed by atoms with Crippen molar-refractivity contribution in [2.75, 3.05) is 5.32 Å². The highest BCUT2D eigenvalue weighted by atomic mass is 32.2. The van der Waals surface area contributed by atoms with Crippen molar-refractivity contribution in [1.29, 1.82) is 0 Å². The number of carbonyl (C=O) groups is 1. The summed E-state index contributed by atoms with van der Waals surface area (Å²) >= 11 is 0. The number of phenolic OH excluding ortho intramolecular Hbond substituents is 1. The van der Waals surface area contributed by atoms with Crippen LogP contribution in [0.25, 0.3) is 10.8 Å². The molecule has 0 aromatic heterocycles. The minimum atomic E-state index is -4.67. The first kappa shape index (κ1) is 13.3. The van der Waals surface area contributed by atoms with Crippen molar-refractivity contribution in [1.82, 2.24) is 0 Å². The molecule has 2 aromatic rings. The lowest BCUT2D eigenvalue weighted by atomic mass is 10.1. The topological polar surface area (TPSA) is 104 Å². The predicted octanol–water partition coefficient (Wildman–Crippen LogP) is 1.75. The molecule has 0 saturated carbocycles. The van der Waals surface area contributed by atoms with Crippen LogP contribution in [0.2, 0.25) is 0 Å². The first-order chi connectivity index (χ1) is 8.80. The number of fused-ring (bicyclic) bond motifs is 1. The maximum Gasteiger partial charge on any atom is 0.300 e. The second-order valence-electron chi connectivity index (χ2n) is 3.98. The van der Waals surface area contributed by atoms with Crippen molar-refractivity contribution in [2.45, 2.75) is 11.8 Å². The minimum Gasteiger partial charge on any atom is -0.506 e. The fraction of sp³-hybridized carbons (Fsp3) is 0.0833. The van der Waals surface area contributed by atoms with E-state index >= 15 is 0 Å². The Morgan fingerprint density at radius 1 is 1.26 bits per heavy atom. The van der Waals surface area contributed by atoms with Gasteiger partial charge in [0, 0.05) is 12.3 Å². The average molecular weight is 281 g/mol. The van der Waals surface area contributed by atoms with Crippen LogP contribution in [0, 0.1) is 0 Å². The third kappa shape index (κ3) is 2.51. The van der Waals surface area contributed by atoms with Gasteiger partial charge in [-0.05, 0) is 11.5 Å². The lowest BCUT2D eigenvalue weighted by molar-refractivity contribution is -0.114. The van der Waals surface area contributed by atoms with E-state index in [1.165, 1.54) is 19.1 Å². The van der Waals surface area contributed by atoms with Gasteiger partial charge in [-0.15, -0.1) is 0 Å². The zero-order valence-electron chi connectivity index (χ0n) is 9.91. The zero-order valence-corrected chi connectivity index (χ0v) is 10.7. The summed E-state index contributed by atoms with van der Waals surface area (Å²) in [5, 5.41) is 13.1. The van der Waals surface area contributed by atoms with E-state index in [-0.39, 0.29) is 11.1 Å². The Hall–Kier alpha value is -2.12. The average Bonchev–Trinajstić information content (AvgIpc) is 2.26. The number of anilines is 1. The van der Waals surface area contributed by atoms with Gasteiger partial charge in [-0.25, -0.2) is 0 Å². The van der Waals surface area contributed by atoms with Gasteiger partial charge in [0.25, 0.3) is 10.1 Å². The molecule has 0 aliphatic rings. The zero-order chi connectivity index (χ0) is 14.2. The molecule has 0 aliphatic carbocycles. The van der Waals surface area contributed by atoms with Crippen LogP contribution in [0.3, 0.4) is 0 Å². The maximum atomic E-state index is 11.3. The van der Waals surface area contributed by atoms with E-state index in [4.69, 9.17) is 0 Å². The van der Waals surface area contributed by atoms with Crippen molar-refractivity contribution in [3.8, 4) is 5.75 Å². The number of aromatic hydroxyl groups is 1. The number of benzene rings is 2. The fourth-order valence-corrected chi connectivity index (χ4v) is 2.60. The van der Waals surface area contributed by atoms with E-state index in [2.05, 4.69) is 5.32 Å². The van der Waals surface area contributed by atoms with Crippen LogP contribution in [0.1, 0.15) is 6.92 Å². The fourth-order valence-electron chi connectivity index (χ4n) is 1.85. The van der Waals surface area contributed by atoms with Crippen molar-refractivity contribution < 1.29 is 22.9 Å². The molecule has 6 nitrogen and oxygen atoms in total. The molecule has 3 N–H and O–H groups in total. The largest absolute Gasteiger partial charge is 0.506 e. The van der Waals surface area contributed by atoms with Gasteiger partial charge in [-0.3, -0.25) is 9.35 Å². The molecule has 0 spiro atoms. The second-order valence-corrected chi connectivity index (χ2v) is 5.34. The van der Waals surface area contributed by atoms with Crippen molar-refractivity contribution in [3.05, 3.63) is 30.3 Å². The Kier molecular flexibility index (Phi) is 3.17. The Balaban J connectivity index is 2.88. The molecule has 0 aliphatic heterocycles. The van der Waals surface area contributed by atoms with Gasteiger partial charge in [-0.1, -0.05) is 24.3 Å². The van der Waals surface area contributed by atoms with Gasteiger partial charge < -0.3 is 10.4 Å². The number of nitrogens with one attached hydrogen (secondary N) is 1. The highest BCUT2D eigenvalue weighted by Gasteiger charge is 2.23. The highest BCUT2D eigenvalue weighted by Crippen LogP contribution is 2.37. The summed E-state index contributed by atoms with van der Waals surface area (Å²) in [6, 6.07) is 7.85. The van der Waals surface area contributed by atoms with E-state index < -0.39 is 26.7 Å². The standard InChI is InChI=1S/C12H11NO5S/c1-7(14)13-10-6-8-4-2-3-5-9(8)11(15)12(10)19(16,17)18/h2-6,15H,1H3,(H,13,14)(H,16,17,18). The van der Waals surface area contributed by atoms with Gasteiger partial charge in [0.1, 0.15) is 5.75 Å². The predicted molar refractivity (Wildman–Crippen MR) is 69.7 cm³/mol. The summed E-state index contributed by atoms with van der Waals surface area (Å²) in [4.78, 5) is 10.4. The molecule has 2 rings (SSSR count). The molecule has 7 heteroatoms. The van der Waals surface area contributed by atoms with Crippen molar-refractivity contribution >= 4 is 32.5 Å². The van der Waals surface area contributed by atoms with Gasteiger partial charge in [0.2, 0.25) is 5.91 Å². The highest BCUT2D eigenvalue weighted by molar-refractivity contribution is 7.86. The SMILES string of the molecule is CC(=O)Nc1cc2ccccc2c(O)c1S(=O)(=O)O. The van der Waals surface area contributed by atoms with Gasteiger partial charge in [0.05, 0.1) is 5.69 Å². The van der Waals surface area contributed by atoms with Crippen LogP contribution < -0.4 is 5.32 Å². The molecule has 19 heavy (non-hydrogen) atoms. The number of carbonyl (C=O) groups excluding carboxylic acids is 1. The number of rotatable bonds is 2. The van der Waals surface area contributed by atoms with Crippen LogP contribution in [0.15, 0.2) is 35.2 Å². The van der Waals surface area contributed by atoms with Crippen molar-refractivity contribution in [2.24, 2.45) is 0 Å². The Morgan fingerprint density at radius 3 is 2.47 bits per heavy atom. The Bertz CT molecular complexity index is 767. The third-order valence-electron chi connectivity index (χ3n) is 2.54. The van der Waals surface area contributed by atoms with Crippen LogP contribution in [0.4, 0.5) is 5.69 Å². The van der Waals surface area contributed by atoms with Crippen LogP contribution in [0.5, 0.6) is 5.75 Å². The Labute approximate surface area is 109 Å². The van der Waals surface area contributed by atoms with E-state index in [1.54, 1.807) is 18.2 Å². The molecular weight excluding hydrogens is 270 g/mol. The smallest absolute Gasteiger partial charge is 0.300 e. The van der Waals surface area contributed by atoms with Gasteiger partial charge >= 0.3 is 0 Å². The van der Waals surface area contributed by atoms with E-state index in [0.29, 0.717) is 5.39 Å². The van der Waals surface area contributed by atoms with E-state index in [1.807, 2.05) is 0 Å². The molecule has 0 unspecified atom stereocenters. The molecule has 0 atom stereocenters. The number of hydrogen-bond donors (Lipinski definition) is 3. The second kappa shape index (κ2) is 4.52. The summed E-state index contributed by atoms with van der Waals surface area (Å²) in [6.07, 6.45) is 0. The normalized spacial score (nSPS) is 11.5. The summed E-state index contributed by atoms with van der Waals surface area (Å²) in [6.45, 7) is 1.19. The molecule has 1 amide bonds. The van der Waals surface area contributed by atoms with Crippen molar-refractivity contribution in [3.63, 3.8) is 0 Å². The van der Waals surface area contributed by atoms with Gasteiger partial charge in [0.15, 0.2) is 4.90 Å². The van der Waals surface area contributed by atoms with Crippen LogP contribution in [-0.2, 0) is 14.9 Å². The minimum absolute atomic E-state index is 0.161. The van der Waals surface area contributed by atoms with E-state index in [9.17, 15) is 22.9 Å². The molecule has 0 saturated heterocycles. The van der Waals surface area contributed by atoms with Gasteiger partial charge in [-0.2, -0.15) is 8.42 Å². The lowest BCUT2D eigenvalue weighted by Gasteiger charge is -2.12. The summed E-state index contributed by atoms with van der Waals surface area (Å²) in [7, 11) is -4.67. The molecule has 0 bridgehead atoms. The quantitative estimate of drug-likeness (QED) is 0.727. The molecule has 2 aromatic carbocycles. The Morgan fingerprint density at radius 2 is 1.89 bits per heavy atom. The summed E-state index contributed by atoms with van der Waals surface area (Å²) < 4.78 is 31.9. The number of phenols is 1. The first-order valence-electron chi connectivity index (χ1n) is 5.30. The summed E-state index contributed by atoms with van der Waals surface area (Å²) in [5.74, 6) is -1.11.